The van der Waals surface area contributed by atoms with E-state index in [2.05, 4.69) is 5.10 Å². The minimum atomic E-state index is -5.00. The van der Waals surface area contributed by atoms with Gasteiger partial charge in [-0.25, -0.2) is 9.07 Å². The summed E-state index contributed by atoms with van der Waals surface area (Å²) in [5.41, 5.74) is 2.02. The van der Waals surface area contributed by atoms with Gasteiger partial charge in [-0.2, -0.15) is 18.3 Å². The lowest BCUT2D eigenvalue weighted by Crippen LogP contribution is -2.45. The van der Waals surface area contributed by atoms with E-state index in [9.17, 15) is 22.4 Å². The topological polar surface area (TPSA) is 56.1 Å². The first-order chi connectivity index (χ1) is 15.7. The number of fused-ring (bicyclic) bond motifs is 1. The van der Waals surface area contributed by atoms with Crippen LogP contribution in [0, 0.1) is 5.82 Å². The van der Waals surface area contributed by atoms with E-state index in [0.29, 0.717) is 17.0 Å². The molecule has 0 aliphatic rings. The Morgan fingerprint density at radius 3 is 2.39 bits per heavy atom. The largest absolute Gasteiger partial charge is 0.484 e. The molecule has 1 amide bonds. The van der Waals surface area contributed by atoms with Crippen molar-refractivity contribution in [1.29, 1.82) is 0 Å². The van der Waals surface area contributed by atoms with E-state index in [-0.39, 0.29) is 5.82 Å². The Kier molecular flexibility index (Phi) is 6.04. The Balaban J connectivity index is 1.62. The van der Waals surface area contributed by atoms with Crippen molar-refractivity contribution >= 4 is 16.8 Å². The number of aromatic nitrogens is 2. The van der Waals surface area contributed by atoms with Gasteiger partial charge in [-0.1, -0.05) is 30.3 Å². The molecule has 0 aliphatic carbocycles. The standard InChI is InChI=1S/C24H19F4N3O2/c1-15(30-23(32)24(26,27)28)22(16-5-3-2-4-6-16)33-20-11-12-21-17(13-20)14-29-31(21)19-9-7-18(25)8-10-19/h2-15,22H,1H3,(H,30,32)/t15?,22-/m0/s1. The second-order valence-electron chi connectivity index (χ2n) is 7.46. The quantitative estimate of drug-likeness (QED) is 0.397. The number of rotatable bonds is 6. The fourth-order valence-electron chi connectivity index (χ4n) is 3.48. The zero-order valence-corrected chi connectivity index (χ0v) is 17.4. The molecule has 0 fully saturated rings. The predicted molar refractivity (Wildman–Crippen MR) is 114 cm³/mol. The predicted octanol–water partition coefficient (Wildman–Crippen LogP) is 5.35. The fourth-order valence-corrected chi connectivity index (χ4v) is 3.48. The summed E-state index contributed by atoms with van der Waals surface area (Å²) in [6, 6.07) is 18.7. The summed E-state index contributed by atoms with van der Waals surface area (Å²) in [7, 11) is 0. The molecule has 170 valence electrons. The van der Waals surface area contributed by atoms with E-state index < -0.39 is 24.2 Å². The first kappa shape index (κ1) is 22.3. The maximum atomic E-state index is 13.2. The van der Waals surface area contributed by atoms with Gasteiger partial charge in [0.05, 0.1) is 23.4 Å². The molecule has 4 aromatic rings. The molecule has 0 radical (unpaired) electrons. The number of ether oxygens (including phenoxy) is 1. The van der Waals surface area contributed by atoms with E-state index in [4.69, 9.17) is 4.74 Å². The first-order valence-corrected chi connectivity index (χ1v) is 10.1. The van der Waals surface area contributed by atoms with Crippen molar-refractivity contribution in [3.63, 3.8) is 0 Å². The average Bonchev–Trinajstić information content (AvgIpc) is 3.21. The second-order valence-corrected chi connectivity index (χ2v) is 7.46. The molecule has 5 nitrogen and oxygen atoms in total. The van der Waals surface area contributed by atoms with Crippen LogP contribution in [-0.4, -0.2) is 27.9 Å². The highest BCUT2D eigenvalue weighted by molar-refractivity contribution is 5.82. The van der Waals surface area contributed by atoms with Crippen molar-refractivity contribution in [3.8, 4) is 11.4 Å². The van der Waals surface area contributed by atoms with Gasteiger partial charge in [0.2, 0.25) is 0 Å². The van der Waals surface area contributed by atoms with Gasteiger partial charge in [-0.05, 0) is 55.0 Å². The van der Waals surface area contributed by atoms with Crippen LogP contribution in [0.3, 0.4) is 0 Å². The smallest absolute Gasteiger partial charge is 0.471 e. The van der Waals surface area contributed by atoms with Gasteiger partial charge in [0.15, 0.2) is 0 Å². The molecule has 3 aromatic carbocycles. The van der Waals surface area contributed by atoms with Crippen molar-refractivity contribution in [2.75, 3.05) is 0 Å². The van der Waals surface area contributed by atoms with Gasteiger partial charge >= 0.3 is 12.1 Å². The van der Waals surface area contributed by atoms with E-state index in [1.807, 2.05) is 5.32 Å². The Labute approximate surface area is 186 Å². The highest BCUT2D eigenvalue weighted by atomic mass is 19.4. The van der Waals surface area contributed by atoms with Crippen LogP contribution in [0.5, 0.6) is 5.75 Å². The number of carbonyl (C=O) groups excluding carboxylic acids is 1. The Bertz CT molecular complexity index is 1250. The molecule has 0 saturated heterocycles. The Hall–Kier alpha value is -3.88. The van der Waals surface area contributed by atoms with Crippen LogP contribution in [0.1, 0.15) is 18.6 Å². The number of carbonyl (C=O) groups is 1. The number of hydrogen-bond donors (Lipinski definition) is 1. The highest BCUT2D eigenvalue weighted by Crippen LogP contribution is 2.29. The number of hydrogen-bond acceptors (Lipinski definition) is 3. The summed E-state index contributed by atoms with van der Waals surface area (Å²) in [6.45, 7) is 1.45. The molecule has 1 aromatic heterocycles. The third kappa shape index (κ3) is 4.97. The zero-order valence-electron chi connectivity index (χ0n) is 17.4. The van der Waals surface area contributed by atoms with Crippen LogP contribution in [0.2, 0.25) is 0 Å². The molecular formula is C24H19F4N3O2. The summed E-state index contributed by atoms with van der Waals surface area (Å²) in [5, 5.41) is 7.02. The van der Waals surface area contributed by atoms with Gasteiger partial charge < -0.3 is 10.1 Å². The summed E-state index contributed by atoms with van der Waals surface area (Å²) in [4.78, 5) is 11.5. The number of nitrogens with zero attached hydrogens (tertiary/aromatic N) is 2. The third-order valence-corrected chi connectivity index (χ3v) is 5.07. The van der Waals surface area contributed by atoms with E-state index in [0.717, 1.165) is 10.9 Å². The molecule has 33 heavy (non-hydrogen) atoms. The first-order valence-electron chi connectivity index (χ1n) is 10.1. The highest BCUT2D eigenvalue weighted by Gasteiger charge is 2.40. The Morgan fingerprint density at radius 1 is 1.03 bits per heavy atom. The molecule has 0 bridgehead atoms. The van der Waals surface area contributed by atoms with E-state index in [1.165, 1.54) is 19.1 Å². The monoisotopic (exact) mass is 457 g/mol. The van der Waals surface area contributed by atoms with Crippen LogP contribution < -0.4 is 10.1 Å². The summed E-state index contributed by atoms with van der Waals surface area (Å²) in [5.74, 6) is -2.00. The van der Waals surface area contributed by atoms with Gasteiger partial charge in [-0.15, -0.1) is 0 Å². The van der Waals surface area contributed by atoms with Crippen LogP contribution in [0.15, 0.2) is 79.0 Å². The molecule has 4 rings (SSSR count). The molecule has 2 atom stereocenters. The third-order valence-electron chi connectivity index (χ3n) is 5.07. The number of benzene rings is 3. The van der Waals surface area contributed by atoms with Gasteiger partial charge in [0.1, 0.15) is 17.7 Å². The van der Waals surface area contributed by atoms with E-state index >= 15 is 0 Å². The fraction of sp³-hybridized carbons (Fsp3) is 0.167. The maximum Gasteiger partial charge on any atom is 0.471 e. The van der Waals surface area contributed by atoms with Crippen LogP contribution in [0.25, 0.3) is 16.6 Å². The molecular weight excluding hydrogens is 438 g/mol. The van der Waals surface area contributed by atoms with Crippen molar-refractivity contribution < 1.29 is 27.1 Å². The van der Waals surface area contributed by atoms with Crippen molar-refractivity contribution in [2.45, 2.75) is 25.2 Å². The second kappa shape index (κ2) is 8.93. The van der Waals surface area contributed by atoms with Crippen LogP contribution >= 0.6 is 0 Å². The molecule has 0 spiro atoms. The average molecular weight is 457 g/mol. The molecule has 1 heterocycles. The maximum absolute atomic E-state index is 13.2. The SMILES string of the molecule is CC(NC(=O)C(F)(F)F)[C@H](Oc1ccc2c(cnn2-c2ccc(F)cc2)c1)c1ccccc1. The number of halogens is 4. The van der Waals surface area contributed by atoms with Crippen LogP contribution in [-0.2, 0) is 4.79 Å². The molecule has 1 N–H and O–H groups in total. The van der Waals surface area contributed by atoms with Crippen molar-refractivity contribution in [3.05, 3.63) is 90.4 Å². The summed E-state index contributed by atoms with van der Waals surface area (Å²) < 4.78 is 59.2. The minimum absolute atomic E-state index is 0.357. The summed E-state index contributed by atoms with van der Waals surface area (Å²) in [6.07, 6.45) is -4.26. The van der Waals surface area contributed by atoms with Crippen LogP contribution in [0.4, 0.5) is 17.6 Å². The Morgan fingerprint density at radius 2 is 1.73 bits per heavy atom. The normalized spacial score (nSPS) is 13.5. The lowest BCUT2D eigenvalue weighted by molar-refractivity contribution is -0.174. The number of alkyl halides is 3. The summed E-state index contributed by atoms with van der Waals surface area (Å²) >= 11 is 0. The van der Waals surface area contributed by atoms with Gasteiger partial charge in [0.25, 0.3) is 0 Å². The van der Waals surface area contributed by atoms with E-state index in [1.54, 1.807) is 71.5 Å². The lowest BCUT2D eigenvalue weighted by atomic mass is 10.0. The zero-order chi connectivity index (χ0) is 23.6. The lowest BCUT2D eigenvalue weighted by Gasteiger charge is -2.27. The van der Waals surface area contributed by atoms with Gasteiger partial charge in [-0.3, -0.25) is 4.79 Å². The molecule has 1 unspecified atom stereocenters. The van der Waals surface area contributed by atoms with Crippen molar-refractivity contribution in [2.24, 2.45) is 0 Å². The number of nitrogens with one attached hydrogen (secondary N) is 1. The minimum Gasteiger partial charge on any atom is -0.484 e. The number of amides is 1. The van der Waals surface area contributed by atoms with Crippen molar-refractivity contribution in [1.82, 2.24) is 15.1 Å². The molecule has 0 saturated carbocycles. The molecule has 9 heteroatoms. The molecule has 0 aliphatic heterocycles. The van der Waals surface area contributed by atoms with Gasteiger partial charge in [0, 0.05) is 5.39 Å².